The Morgan fingerprint density at radius 2 is 2.28 bits per heavy atom. The van der Waals surface area contributed by atoms with Crippen molar-refractivity contribution in [2.45, 2.75) is 6.42 Å². The highest BCUT2D eigenvalue weighted by Crippen LogP contribution is 2.04. The maximum Gasteiger partial charge on any atom is 0.332 e. The molecule has 0 atom stereocenters. The van der Waals surface area contributed by atoms with Gasteiger partial charge in [0.2, 0.25) is 5.91 Å². The number of aliphatic carboxylic acids is 1. The first-order chi connectivity index (χ1) is 8.65. The third-order valence-electron chi connectivity index (χ3n) is 2.14. The first-order valence-corrected chi connectivity index (χ1v) is 5.20. The Hall–Kier alpha value is -2.41. The van der Waals surface area contributed by atoms with Gasteiger partial charge in [0.1, 0.15) is 5.65 Å². The molecule has 2 aromatic heterocycles. The second kappa shape index (κ2) is 5.28. The minimum Gasteiger partial charge on any atom is -0.479 e. The molecule has 0 bridgehead atoms. The molecule has 2 rings (SSSR count). The molecule has 2 aromatic rings. The summed E-state index contributed by atoms with van der Waals surface area (Å²) >= 11 is 0. The highest BCUT2D eigenvalue weighted by atomic mass is 16.7. The van der Waals surface area contributed by atoms with Crippen LogP contribution in [0.25, 0.3) is 5.65 Å². The van der Waals surface area contributed by atoms with Crippen LogP contribution >= 0.6 is 0 Å². The number of hydroxylamine groups is 1. The van der Waals surface area contributed by atoms with Gasteiger partial charge in [-0.1, -0.05) is 6.07 Å². The normalized spacial score (nSPS) is 10.4. The molecule has 0 saturated heterocycles. The molecule has 2 heterocycles. The zero-order chi connectivity index (χ0) is 13.0. The quantitative estimate of drug-likeness (QED) is 0.728. The largest absolute Gasteiger partial charge is 0.479 e. The molecular formula is C11H11N3O4. The van der Waals surface area contributed by atoms with E-state index in [0.717, 1.165) is 5.65 Å². The number of fused-ring (bicyclic) bond motifs is 1. The Kier molecular flexibility index (Phi) is 3.54. The predicted molar refractivity (Wildman–Crippen MR) is 60.6 cm³/mol. The number of carbonyl (C=O) groups excluding carboxylic acids is 1. The van der Waals surface area contributed by atoms with Gasteiger partial charge in [-0.05, 0) is 12.1 Å². The lowest BCUT2D eigenvalue weighted by atomic mass is 10.3. The third kappa shape index (κ3) is 3.05. The van der Waals surface area contributed by atoms with Gasteiger partial charge < -0.3 is 9.51 Å². The third-order valence-corrected chi connectivity index (χ3v) is 2.14. The van der Waals surface area contributed by atoms with E-state index in [1.54, 1.807) is 10.6 Å². The number of hydrogen-bond acceptors (Lipinski definition) is 4. The number of nitrogens with zero attached hydrogens (tertiary/aromatic N) is 2. The minimum absolute atomic E-state index is 0.0291. The number of carboxylic acids is 1. The summed E-state index contributed by atoms with van der Waals surface area (Å²) < 4.78 is 1.79. The number of aromatic nitrogens is 2. The van der Waals surface area contributed by atoms with Crippen LogP contribution in [0.1, 0.15) is 5.69 Å². The van der Waals surface area contributed by atoms with E-state index in [0.29, 0.717) is 5.69 Å². The summed E-state index contributed by atoms with van der Waals surface area (Å²) in [7, 11) is 0. The molecule has 7 nitrogen and oxygen atoms in total. The van der Waals surface area contributed by atoms with E-state index in [1.807, 2.05) is 29.9 Å². The molecule has 0 aromatic carbocycles. The number of carboxylic acid groups (broad SMARTS) is 1. The zero-order valence-corrected chi connectivity index (χ0v) is 9.37. The minimum atomic E-state index is -1.15. The van der Waals surface area contributed by atoms with Crippen LogP contribution in [0.2, 0.25) is 0 Å². The highest BCUT2D eigenvalue weighted by Gasteiger charge is 2.08. The van der Waals surface area contributed by atoms with E-state index in [-0.39, 0.29) is 6.42 Å². The molecule has 0 radical (unpaired) electrons. The topological polar surface area (TPSA) is 92.9 Å². The van der Waals surface area contributed by atoms with E-state index >= 15 is 0 Å². The van der Waals surface area contributed by atoms with Crippen LogP contribution in [0, 0.1) is 0 Å². The lowest BCUT2D eigenvalue weighted by molar-refractivity contribution is -0.149. The maximum absolute atomic E-state index is 11.4. The van der Waals surface area contributed by atoms with Crippen molar-refractivity contribution in [1.82, 2.24) is 14.9 Å². The van der Waals surface area contributed by atoms with Crippen LogP contribution in [0.4, 0.5) is 0 Å². The number of nitrogens with one attached hydrogen (secondary N) is 1. The summed E-state index contributed by atoms with van der Waals surface area (Å²) in [5, 5.41) is 8.32. The summed E-state index contributed by atoms with van der Waals surface area (Å²) in [6.45, 7) is -0.573. The molecule has 1 amide bonds. The summed E-state index contributed by atoms with van der Waals surface area (Å²) in [6, 6.07) is 5.53. The van der Waals surface area contributed by atoms with E-state index in [4.69, 9.17) is 5.11 Å². The van der Waals surface area contributed by atoms with Crippen LogP contribution in [0.3, 0.4) is 0 Å². The second-order valence-corrected chi connectivity index (χ2v) is 3.58. The molecule has 0 spiro atoms. The van der Waals surface area contributed by atoms with E-state index in [2.05, 4.69) is 9.82 Å². The van der Waals surface area contributed by atoms with Gasteiger partial charge in [-0.15, -0.1) is 0 Å². The molecule has 0 unspecified atom stereocenters. The van der Waals surface area contributed by atoms with Crippen molar-refractivity contribution in [2.24, 2.45) is 0 Å². The van der Waals surface area contributed by atoms with Crippen molar-refractivity contribution in [3.8, 4) is 0 Å². The van der Waals surface area contributed by atoms with Crippen molar-refractivity contribution in [3.05, 3.63) is 36.3 Å². The Bertz CT molecular complexity index is 545. The molecule has 0 aliphatic carbocycles. The highest BCUT2D eigenvalue weighted by molar-refractivity contribution is 5.77. The Labute approximate surface area is 102 Å². The molecule has 94 valence electrons. The van der Waals surface area contributed by atoms with Gasteiger partial charge in [-0.3, -0.25) is 9.63 Å². The molecule has 18 heavy (non-hydrogen) atoms. The monoisotopic (exact) mass is 249 g/mol. The number of carbonyl (C=O) groups is 2. The SMILES string of the molecule is O=C(O)CONC(=O)Cc1cn2ccccc2n1. The summed E-state index contributed by atoms with van der Waals surface area (Å²) in [4.78, 5) is 30.3. The van der Waals surface area contributed by atoms with E-state index in [9.17, 15) is 9.59 Å². The van der Waals surface area contributed by atoms with E-state index < -0.39 is 18.5 Å². The van der Waals surface area contributed by atoms with Gasteiger partial charge in [0.15, 0.2) is 6.61 Å². The van der Waals surface area contributed by atoms with E-state index in [1.165, 1.54) is 0 Å². The molecule has 0 aliphatic heterocycles. The Morgan fingerprint density at radius 1 is 1.44 bits per heavy atom. The second-order valence-electron chi connectivity index (χ2n) is 3.58. The van der Waals surface area contributed by atoms with Crippen LogP contribution in [0.15, 0.2) is 30.6 Å². The molecule has 2 N–H and O–H groups in total. The average molecular weight is 249 g/mol. The number of hydrogen-bond donors (Lipinski definition) is 2. The maximum atomic E-state index is 11.4. The van der Waals surface area contributed by atoms with Gasteiger partial charge in [-0.2, -0.15) is 0 Å². The number of amides is 1. The molecule has 0 saturated carbocycles. The number of imidazole rings is 1. The van der Waals surface area contributed by atoms with Crippen molar-refractivity contribution < 1.29 is 19.5 Å². The zero-order valence-electron chi connectivity index (χ0n) is 9.37. The summed E-state index contributed by atoms with van der Waals surface area (Å²) in [6.07, 6.45) is 3.58. The fraction of sp³-hybridized carbons (Fsp3) is 0.182. The van der Waals surface area contributed by atoms with Gasteiger partial charge in [0.25, 0.3) is 0 Å². The first-order valence-electron chi connectivity index (χ1n) is 5.20. The van der Waals surface area contributed by atoms with Crippen molar-refractivity contribution in [1.29, 1.82) is 0 Å². The van der Waals surface area contributed by atoms with Gasteiger partial charge in [0, 0.05) is 12.4 Å². The molecule has 7 heteroatoms. The Balaban J connectivity index is 1.92. The van der Waals surface area contributed by atoms with Crippen LogP contribution < -0.4 is 5.48 Å². The van der Waals surface area contributed by atoms with Crippen LogP contribution in [0.5, 0.6) is 0 Å². The fourth-order valence-electron chi connectivity index (χ4n) is 1.45. The number of rotatable bonds is 5. The fourth-order valence-corrected chi connectivity index (χ4v) is 1.45. The Morgan fingerprint density at radius 3 is 3.00 bits per heavy atom. The summed E-state index contributed by atoms with van der Waals surface area (Å²) in [5.41, 5.74) is 3.36. The van der Waals surface area contributed by atoms with Crippen molar-refractivity contribution in [2.75, 3.05) is 6.61 Å². The van der Waals surface area contributed by atoms with Gasteiger partial charge in [0.05, 0.1) is 12.1 Å². The van der Waals surface area contributed by atoms with Gasteiger partial charge in [-0.25, -0.2) is 15.3 Å². The molecule has 0 fully saturated rings. The molecule has 0 aliphatic rings. The van der Waals surface area contributed by atoms with Crippen LogP contribution in [-0.2, 0) is 20.8 Å². The van der Waals surface area contributed by atoms with Crippen molar-refractivity contribution in [3.63, 3.8) is 0 Å². The van der Waals surface area contributed by atoms with Gasteiger partial charge >= 0.3 is 5.97 Å². The van der Waals surface area contributed by atoms with Crippen LogP contribution in [-0.4, -0.2) is 33.0 Å². The smallest absolute Gasteiger partial charge is 0.332 e. The number of pyridine rings is 1. The van der Waals surface area contributed by atoms with Crippen molar-refractivity contribution >= 4 is 17.5 Å². The first kappa shape index (κ1) is 12.1. The molecular weight excluding hydrogens is 238 g/mol. The average Bonchev–Trinajstić information content (AvgIpc) is 2.70. The lowest BCUT2D eigenvalue weighted by Gasteiger charge is -2.01. The summed E-state index contributed by atoms with van der Waals surface area (Å²) in [5.74, 6) is -1.59. The lowest BCUT2D eigenvalue weighted by Crippen LogP contribution is -2.28. The predicted octanol–water partition coefficient (Wildman–Crippen LogP) is 0.00920. The standard InChI is InChI=1S/C11H11N3O4/c15-10(13-18-7-11(16)17)5-8-6-14-4-2-1-3-9(14)12-8/h1-4,6H,5,7H2,(H,13,15)(H,16,17).